The lowest BCUT2D eigenvalue weighted by molar-refractivity contribution is 0.120. The SMILES string of the molecule is CCNC(=NCc1ccc(-c2ccc(Br)cc2)o1)NC1CCC(O)CC1. The zero-order valence-electron chi connectivity index (χ0n) is 15.0. The molecule has 0 atom stereocenters. The predicted octanol–water partition coefficient (Wildman–Crippen LogP) is 4.07. The van der Waals surface area contributed by atoms with Crippen molar-refractivity contribution in [1.82, 2.24) is 10.6 Å². The van der Waals surface area contributed by atoms with E-state index in [4.69, 9.17) is 4.42 Å². The first-order chi connectivity index (χ1) is 12.6. The highest BCUT2D eigenvalue weighted by molar-refractivity contribution is 9.10. The Morgan fingerprint density at radius 2 is 1.88 bits per heavy atom. The smallest absolute Gasteiger partial charge is 0.191 e. The van der Waals surface area contributed by atoms with E-state index in [9.17, 15) is 5.11 Å². The molecule has 6 heteroatoms. The van der Waals surface area contributed by atoms with Crippen LogP contribution in [-0.4, -0.2) is 29.8 Å². The van der Waals surface area contributed by atoms with Gasteiger partial charge in [0.2, 0.25) is 0 Å². The van der Waals surface area contributed by atoms with Crippen LogP contribution in [0.1, 0.15) is 38.4 Å². The minimum absolute atomic E-state index is 0.146. The molecule has 1 fully saturated rings. The van der Waals surface area contributed by atoms with Gasteiger partial charge in [-0.15, -0.1) is 0 Å². The summed E-state index contributed by atoms with van der Waals surface area (Å²) in [6, 6.07) is 12.4. The van der Waals surface area contributed by atoms with E-state index in [1.54, 1.807) is 0 Å². The highest BCUT2D eigenvalue weighted by Crippen LogP contribution is 2.24. The second-order valence-corrected chi connectivity index (χ2v) is 7.53. The van der Waals surface area contributed by atoms with Crippen molar-refractivity contribution in [3.63, 3.8) is 0 Å². The molecule has 1 aliphatic carbocycles. The van der Waals surface area contributed by atoms with E-state index in [1.165, 1.54) is 0 Å². The van der Waals surface area contributed by atoms with Gasteiger partial charge in [-0.2, -0.15) is 0 Å². The van der Waals surface area contributed by atoms with Crippen LogP contribution in [0, 0.1) is 0 Å². The minimum atomic E-state index is -0.146. The van der Waals surface area contributed by atoms with Gasteiger partial charge in [-0.25, -0.2) is 4.99 Å². The molecule has 3 N–H and O–H groups in total. The van der Waals surface area contributed by atoms with Crippen LogP contribution in [-0.2, 0) is 6.54 Å². The Labute approximate surface area is 163 Å². The van der Waals surface area contributed by atoms with Crippen molar-refractivity contribution in [2.24, 2.45) is 4.99 Å². The van der Waals surface area contributed by atoms with Crippen molar-refractivity contribution in [3.05, 3.63) is 46.6 Å². The lowest BCUT2D eigenvalue weighted by Gasteiger charge is -2.27. The zero-order chi connectivity index (χ0) is 18.4. The van der Waals surface area contributed by atoms with Crippen molar-refractivity contribution < 1.29 is 9.52 Å². The molecular formula is C20H26BrN3O2. The predicted molar refractivity (Wildman–Crippen MR) is 108 cm³/mol. The second kappa shape index (κ2) is 9.24. The summed E-state index contributed by atoms with van der Waals surface area (Å²) in [6.07, 6.45) is 3.50. The van der Waals surface area contributed by atoms with Gasteiger partial charge in [-0.1, -0.05) is 28.1 Å². The number of hydrogen-bond donors (Lipinski definition) is 3. The van der Waals surface area contributed by atoms with Crippen LogP contribution in [0.25, 0.3) is 11.3 Å². The molecule has 0 radical (unpaired) electrons. The Bertz CT molecular complexity index is 719. The fraction of sp³-hybridized carbons (Fsp3) is 0.450. The van der Waals surface area contributed by atoms with Gasteiger partial charge >= 0.3 is 0 Å². The molecule has 0 bridgehead atoms. The fourth-order valence-corrected chi connectivity index (χ4v) is 3.39. The monoisotopic (exact) mass is 419 g/mol. The summed E-state index contributed by atoms with van der Waals surface area (Å²) in [6.45, 7) is 3.35. The summed E-state index contributed by atoms with van der Waals surface area (Å²) in [7, 11) is 0. The molecule has 1 saturated carbocycles. The molecule has 2 aromatic rings. The van der Waals surface area contributed by atoms with Gasteiger partial charge in [0.05, 0.1) is 6.10 Å². The average Bonchev–Trinajstić information content (AvgIpc) is 3.11. The largest absolute Gasteiger partial charge is 0.459 e. The van der Waals surface area contributed by atoms with E-state index >= 15 is 0 Å². The summed E-state index contributed by atoms with van der Waals surface area (Å²) in [5, 5.41) is 16.4. The maximum Gasteiger partial charge on any atom is 0.191 e. The maximum atomic E-state index is 9.64. The van der Waals surface area contributed by atoms with Crippen LogP contribution in [0.3, 0.4) is 0 Å². The first kappa shape index (κ1) is 19.0. The molecule has 3 rings (SSSR count). The van der Waals surface area contributed by atoms with Gasteiger partial charge < -0.3 is 20.2 Å². The molecule has 0 aliphatic heterocycles. The van der Waals surface area contributed by atoms with E-state index in [2.05, 4.69) is 38.5 Å². The molecule has 0 unspecified atom stereocenters. The number of halogens is 1. The number of rotatable bonds is 5. The molecule has 1 heterocycles. The normalized spacial score (nSPS) is 20.8. The van der Waals surface area contributed by atoms with Crippen LogP contribution < -0.4 is 10.6 Å². The van der Waals surface area contributed by atoms with Crippen molar-refractivity contribution in [2.75, 3.05) is 6.54 Å². The van der Waals surface area contributed by atoms with Crippen LogP contribution in [0.2, 0.25) is 0 Å². The summed E-state index contributed by atoms with van der Waals surface area (Å²) in [4.78, 5) is 4.65. The number of nitrogens with one attached hydrogen (secondary N) is 2. The van der Waals surface area contributed by atoms with Crippen molar-refractivity contribution in [3.8, 4) is 11.3 Å². The zero-order valence-corrected chi connectivity index (χ0v) is 16.6. The van der Waals surface area contributed by atoms with Gasteiger partial charge in [0, 0.05) is 22.6 Å². The fourth-order valence-electron chi connectivity index (χ4n) is 3.12. The third-order valence-corrected chi connectivity index (χ3v) is 5.09. The van der Waals surface area contributed by atoms with Gasteiger partial charge in [-0.3, -0.25) is 0 Å². The summed E-state index contributed by atoms with van der Waals surface area (Å²) >= 11 is 3.45. The number of aliphatic imine (C=N–C) groups is 1. The Kier molecular flexibility index (Phi) is 6.74. The van der Waals surface area contributed by atoms with E-state index in [0.717, 1.165) is 59.7 Å². The minimum Gasteiger partial charge on any atom is -0.459 e. The number of furan rings is 1. The van der Waals surface area contributed by atoms with Gasteiger partial charge in [0.15, 0.2) is 5.96 Å². The molecule has 140 valence electrons. The van der Waals surface area contributed by atoms with Crippen LogP contribution in [0.15, 0.2) is 50.3 Å². The van der Waals surface area contributed by atoms with Crippen LogP contribution >= 0.6 is 15.9 Å². The van der Waals surface area contributed by atoms with Crippen LogP contribution in [0.4, 0.5) is 0 Å². The summed E-state index contributed by atoms with van der Waals surface area (Å²) in [5.74, 6) is 2.48. The molecule has 0 amide bonds. The Morgan fingerprint density at radius 1 is 1.15 bits per heavy atom. The topological polar surface area (TPSA) is 69.8 Å². The van der Waals surface area contributed by atoms with E-state index in [0.29, 0.717) is 12.6 Å². The van der Waals surface area contributed by atoms with Gasteiger partial charge in [0.1, 0.15) is 18.1 Å². The van der Waals surface area contributed by atoms with Crippen molar-refractivity contribution >= 4 is 21.9 Å². The highest BCUT2D eigenvalue weighted by atomic mass is 79.9. The molecular weight excluding hydrogens is 394 g/mol. The number of nitrogens with zero attached hydrogens (tertiary/aromatic N) is 1. The third-order valence-electron chi connectivity index (χ3n) is 4.57. The maximum absolute atomic E-state index is 9.64. The Balaban J connectivity index is 1.61. The standard InChI is InChI=1S/C20H26BrN3O2/c1-2-22-20(24-16-7-9-17(25)10-8-16)23-13-18-11-12-19(26-18)14-3-5-15(21)6-4-14/h3-6,11-12,16-17,25H,2,7-10,13H2,1H3,(H2,22,23,24). The van der Waals surface area contributed by atoms with Gasteiger partial charge in [0.25, 0.3) is 0 Å². The summed E-state index contributed by atoms with van der Waals surface area (Å²) in [5.41, 5.74) is 1.05. The molecule has 26 heavy (non-hydrogen) atoms. The Hall–Kier alpha value is -1.79. The highest BCUT2D eigenvalue weighted by Gasteiger charge is 2.20. The van der Waals surface area contributed by atoms with Gasteiger partial charge in [-0.05, 0) is 56.9 Å². The number of aliphatic hydroxyl groups is 1. The molecule has 0 saturated heterocycles. The Morgan fingerprint density at radius 3 is 2.58 bits per heavy atom. The summed E-state index contributed by atoms with van der Waals surface area (Å²) < 4.78 is 6.98. The van der Waals surface area contributed by atoms with E-state index in [-0.39, 0.29) is 6.10 Å². The molecule has 5 nitrogen and oxygen atoms in total. The van der Waals surface area contributed by atoms with Crippen LogP contribution in [0.5, 0.6) is 0 Å². The number of aliphatic hydroxyl groups excluding tert-OH is 1. The number of hydrogen-bond acceptors (Lipinski definition) is 3. The molecule has 1 aromatic carbocycles. The molecule has 1 aliphatic rings. The second-order valence-electron chi connectivity index (χ2n) is 6.62. The lowest BCUT2D eigenvalue weighted by atomic mass is 9.93. The number of benzene rings is 1. The molecule has 1 aromatic heterocycles. The number of guanidine groups is 1. The first-order valence-corrected chi connectivity index (χ1v) is 10.0. The lowest BCUT2D eigenvalue weighted by Crippen LogP contribution is -2.45. The average molecular weight is 420 g/mol. The molecule has 0 spiro atoms. The van der Waals surface area contributed by atoms with Crippen molar-refractivity contribution in [1.29, 1.82) is 0 Å². The van der Waals surface area contributed by atoms with E-state index in [1.807, 2.05) is 36.4 Å². The van der Waals surface area contributed by atoms with E-state index < -0.39 is 0 Å². The first-order valence-electron chi connectivity index (χ1n) is 9.21. The van der Waals surface area contributed by atoms with Crippen molar-refractivity contribution in [2.45, 2.75) is 51.3 Å². The third kappa shape index (κ3) is 5.35. The quantitative estimate of drug-likeness (QED) is 0.504.